The molecule has 0 amide bonds. The highest BCUT2D eigenvalue weighted by Gasteiger charge is 1.94. The van der Waals surface area contributed by atoms with Crippen molar-refractivity contribution in [1.82, 2.24) is 0 Å². The van der Waals surface area contributed by atoms with Crippen LogP contribution in [-0.4, -0.2) is 0 Å². The van der Waals surface area contributed by atoms with Crippen LogP contribution >= 0.6 is 0 Å². The number of benzene rings is 1. The molecule has 0 aromatic heterocycles. The van der Waals surface area contributed by atoms with Gasteiger partial charge in [-0.2, -0.15) is 0 Å². The van der Waals surface area contributed by atoms with Crippen molar-refractivity contribution in [3.8, 4) is 0 Å². The van der Waals surface area contributed by atoms with Gasteiger partial charge in [-0.15, -0.1) is 0 Å². The Morgan fingerprint density at radius 1 is 1.50 bits per heavy atom. The Labute approximate surface area is 60.0 Å². The molecule has 52 valence electrons. The molecular weight excluding hydrogens is 127 g/mol. The van der Waals surface area contributed by atoms with Gasteiger partial charge in [0.2, 0.25) is 0 Å². The van der Waals surface area contributed by atoms with E-state index in [0.29, 0.717) is 5.56 Å². The van der Waals surface area contributed by atoms with Gasteiger partial charge in [-0.1, -0.05) is 24.8 Å². The number of hydrogen-bond donors (Lipinski definition) is 0. The lowest BCUT2D eigenvalue weighted by atomic mass is 10.1. The zero-order valence-electron chi connectivity index (χ0n) is 5.89. The molecule has 0 bridgehead atoms. The first-order valence-electron chi connectivity index (χ1n) is 3.12. The molecule has 0 aliphatic carbocycles. The fraction of sp³-hybridized carbons (Fsp3) is 0.111. The smallest absolute Gasteiger partial charge is 0.126 e. The Hall–Kier alpha value is -1.11. The van der Waals surface area contributed by atoms with Crippen LogP contribution in [-0.2, 0) is 0 Å². The molecule has 1 heteroatoms. The zero-order valence-corrected chi connectivity index (χ0v) is 5.89. The third kappa shape index (κ3) is 1.24. The highest BCUT2D eigenvalue weighted by Crippen LogP contribution is 2.09. The molecule has 1 aromatic carbocycles. The fourth-order valence-corrected chi connectivity index (χ4v) is 0.736. The molecule has 0 unspecified atom stereocenters. The van der Waals surface area contributed by atoms with Gasteiger partial charge in [0.1, 0.15) is 5.82 Å². The molecule has 1 aromatic rings. The van der Waals surface area contributed by atoms with Gasteiger partial charge in [-0.25, -0.2) is 4.39 Å². The van der Waals surface area contributed by atoms with E-state index in [1.54, 1.807) is 19.1 Å². The van der Waals surface area contributed by atoms with Crippen molar-refractivity contribution in [2.24, 2.45) is 0 Å². The molecular formula is C9H9F. The normalized spacial score (nSPS) is 9.40. The number of aryl methyl sites for hydroxylation is 1. The molecule has 0 saturated carbocycles. The van der Waals surface area contributed by atoms with Gasteiger partial charge >= 0.3 is 0 Å². The molecule has 10 heavy (non-hydrogen) atoms. The number of hydrogen-bond acceptors (Lipinski definition) is 0. The third-order valence-corrected chi connectivity index (χ3v) is 1.43. The van der Waals surface area contributed by atoms with Crippen molar-refractivity contribution in [2.45, 2.75) is 6.92 Å². The molecule has 0 aliphatic heterocycles. The zero-order chi connectivity index (χ0) is 7.56. The van der Waals surface area contributed by atoms with E-state index in [-0.39, 0.29) is 5.82 Å². The highest BCUT2D eigenvalue weighted by molar-refractivity contribution is 5.47. The van der Waals surface area contributed by atoms with E-state index in [1.165, 1.54) is 6.07 Å². The van der Waals surface area contributed by atoms with Crippen molar-refractivity contribution in [3.05, 3.63) is 41.7 Å². The monoisotopic (exact) mass is 136 g/mol. The van der Waals surface area contributed by atoms with Crippen LogP contribution < -0.4 is 0 Å². The van der Waals surface area contributed by atoms with E-state index in [0.717, 1.165) is 5.56 Å². The maximum atomic E-state index is 12.7. The van der Waals surface area contributed by atoms with Crippen LogP contribution in [0.5, 0.6) is 0 Å². The summed E-state index contributed by atoms with van der Waals surface area (Å²) in [4.78, 5) is 0. The Morgan fingerprint density at radius 3 is 2.70 bits per heavy atom. The highest BCUT2D eigenvalue weighted by atomic mass is 19.1. The van der Waals surface area contributed by atoms with Crippen LogP contribution in [0.4, 0.5) is 4.39 Å². The Kier molecular flexibility index (Phi) is 1.86. The minimum absolute atomic E-state index is 0.169. The third-order valence-electron chi connectivity index (χ3n) is 1.43. The second-order valence-corrected chi connectivity index (χ2v) is 2.21. The summed E-state index contributed by atoms with van der Waals surface area (Å²) >= 11 is 0. The van der Waals surface area contributed by atoms with Crippen LogP contribution in [0.15, 0.2) is 24.8 Å². The molecule has 1 rings (SSSR count). The quantitative estimate of drug-likeness (QED) is 0.556. The molecule has 0 saturated heterocycles. The summed E-state index contributed by atoms with van der Waals surface area (Å²) in [7, 11) is 0. The summed E-state index contributed by atoms with van der Waals surface area (Å²) in [5.41, 5.74) is 1.49. The lowest BCUT2D eigenvalue weighted by molar-refractivity contribution is 0.618. The van der Waals surface area contributed by atoms with E-state index in [1.807, 2.05) is 6.07 Å². The lowest BCUT2D eigenvalue weighted by Gasteiger charge is -1.95. The fourth-order valence-electron chi connectivity index (χ4n) is 0.736. The van der Waals surface area contributed by atoms with Gasteiger partial charge in [0.25, 0.3) is 0 Å². The molecule has 0 heterocycles. The van der Waals surface area contributed by atoms with Gasteiger partial charge in [-0.3, -0.25) is 0 Å². The van der Waals surface area contributed by atoms with E-state index in [4.69, 9.17) is 0 Å². The van der Waals surface area contributed by atoms with Crippen molar-refractivity contribution in [3.63, 3.8) is 0 Å². The summed E-state index contributed by atoms with van der Waals surface area (Å²) in [5.74, 6) is -0.169. The first-order valence-corrected chi connectivity index (χ1v) is 3.12. The Morgan fingerprint density at radius 2 is 2.20 bits per heavy atom. The minimum Gasteiger partial charge on any atom is -0.207 e. The second-order valence-electron chi connectivity index (χ2n) is 2.21. The molecule has 0 N–H and O–H groups in total. The largest absolute Gasteiger partial charge is 0.207 e. The maximum absolute atomic E-state index is 12.7. The average Bonchev–Trinajstić information content (AvgIpc) is 1.95. The van der Waals surface area contributed by atoms with E-state index >= 15 is 0 Å². The van der Waals surface area contributed by atoms with E-state index in [9.17, 15) is 4.39 Å². The van der Waals surface area contributed by atoms with Crippen molar-refractivity contribution >= 4 is 6.08 Å². The van der Waals surface area contributed by atoms with Crippen LogP contribution in [0.3, 0.4) is 0 Å². The predicted molar refractivity (Wildman–Crippen MR) is 41.2 cm³/mol. The van der Waals surface area contributed by atoms with Crippen LogP contribution in [0, 0.1) is 12.7 Å². The SMILES string of the molecule is C=Cc1ccc(C)c(F)c1. The summed E-state index contributed by atoms with van der Waals surface area (Å²) in [5, 5.41) is 0. The van der Waals surface area contributed by atoms with Crippen LogP contribution in [0.25, 0.3) is 6.08 Å². The summed E-state index contributed by atoms with van der Waals surface area (Å²) < 4.78 is 12.7. The second kappa shape index (κ2) is 2.65. The molecule has 0 radical (unpaired) electrons. The predicted octanol–water partition coefficient (Wildman–Crippen LogP) is 2.78. The standard InChI is InChI=1S/C9H9F/c1-3-8-5-4-7(2)9(10)6-8/h3-6H,1H2,2H3. The molecule has 0 aliphatic rings. The minimum atomic E-state index is -0.169. The van der Waals surface area contributed by atoms with Gasteiger partial charge in [0.05, 0.1) is 0 Å². The number of halogens is 1. The molecule has 0 atom stereocenters. The van der Waals surface area contributed by atoms with Crippen LogP contribution in [0.1, 0.15) is 11.1 Å². The molecule has 0 spiro atoms. The summed E-state index contributed by atoms with van der Waals surface area (Å²) in [6.07, 6.45) is 1.63. The summed E-state index contributed by atoms with van der Waals surface area (Å²) in [6.45, 7) is 5.27. The van der Waals surface area contributed by atoms with E-state index < -0.39 is 0 Å². The topological polar surface area (TPSA) is 0 Å². The summed E-state index contributed by atoms with van der Waals surface area (Å²) in [6, 6.07) is 5.06. The van der Waals surface area contributed by atoms with Crippen LogP contribution in [0.2, 0.25) is 0 Å². The number of rotatable bonds is 1. The van der Waals surface area contributed by atoms with Gasteiger partial charge in [0, 0.05) is 0 Å². The van der Waals surface area contributed by atoms with Gasteiger partial charge < -0.3 is 0 Å². The van der Waals surface area contributed by atoms with E-state index in [2.05, 4.69) is 6.58 Å². The van der Waals surface area contributed by atoms with Crippen molar-refractivity contribution < 1.29 is 4.39 Å². The molecule has 0 nitrogen and oxygen atoms in total. The first kappa shape index (κ1) is 7.00. The maximum Gasteiger partial charge on any atom is 0.126 e. The van der Waals surface area contributed by atoms with Gasteiger partial charge in [-0.05, 0) is 24.1 Å². The van der Waals surface area contributed by atoms with Crippen molar-refractivity contribution in [1.29, 1.82) is 0 Å². The average molecular weight is 136 g/mol. The van der Waals surface area contributed by atoms with Gasteiger partial charge in [0.15, 0.2) is 0 Å². The Bertz CT molecular complexity index is 251. The Balaban J connectivity index is 3.16. The molecule has 0 fully saturated rings. The van der Waals surface area contributed by atoms with Crippen molar-refractivity contribution in [2.75, 3.05) is 0 Å². The lowest BCUT2D eigenvalue weighted by Crippen LogP contribution is -1.81. The first-order chi connectivity index (χ1) is 4.74.